The fourth-order valence-corrected chi connectivity index (χ4v) is 3.89. The minimum Gasteiger partial charge on any atom is -0.348 e. The van der Waals surface area contributed by atoms with E-state index in [2.05, 4.69) is 15.4 Å². The third-order valence-electron chi connectivity index (χ3n) is 3.94. The molecule has 0 radical (unpaired) electrons. The molecule has 0 spiro atoms. The van der Waals surface area contributed by atoms with E-state index in [1.165, 1.54) is 12.1 Å². The van der Waals surface area contributed by atoms with Crippen LogP contribution in [-0.2, 0) is 10.0 Å². The van der Waals surface area contributed by atoms with Crippen LogP contribution in [0.1, 0.15) is 36.0 Å². The van der Waals surface area contributed by atoms with Gasteiger partial charge in [-0.15, -0.1) is 0 Å². The van der Waals surface area contributed by atoms with Crippen molar-refractivity contribution in [3.05, 3.63) is 29.8 Å². The predicted molar refractivity (Wildman–Crippen MR) is 83.1 cm³/mol. The van der Waals surface area contributed by atoms with Crippen LogP contribution < -0.4 is 15.4 Å². The number of sulfonamides is 1. The minimum absolute atomic E-state index is 0.0517. The first kappa shape index (κ1) is 15.5. The molecule has 7 heteroatoms. The largest absolute Gasteiger partial charge is 0.348 e. The van der Waals surface area contributed by atoms with E-state index in [1.54, 1.807) is 12.1 Å². The van der Waals surface area contributed by atoms with Gasteiger partial charge in [-0.1, -0.05) is 6.07 Å². The molecule has 3 rings (SSSR count). The highest BCUT2D eigenvalue weighted by Crippen LogP contribution is 2.22. The molecule has 1 saturated heterocycles. The average molecular weight is 323 g/mol. The standard InChI is InChI=1S/C15H21N3O3S/c19-15(17-13-4-2-8-16-10-13)11-3-1-5-14(9-11)22(20,21)18-12-6-7-12/h1,3,5,9,12-13,16,18H,2,4,6-8,10H2,(H,17,19)/t13-/m0/s1. The molecule has 120 valence electrons. The molecule has 1 aromatic rings. The zero-order valence-corrected chi connectivity index (χ0v) is 13.2. The van der Waals surface area contributed by atoms with Crippen LogP contribution in [0.15, 0.2) is 29.2 Å². The molecule has 3 N–H and O–H groups in total. The summed E-state index contributed by atoms with van der Waals surface area (Å²) in [6.45, 7) is 1.74. The van der Waals surface area contributed by atoms with Gasteiger partial charge in [0.25, 0.3) is 5.91 Å². The fraction of sp³-hybridized carbons (Fsp3) is 0.533. The average Bonchev–Trinajstić information content (AvgIpc) is 3.32. The van der Waals surface area contributed by atoms with Crippen LogP contribution in [0.2, 0.25) is 0 Å². The molecule has 6 nitrogen and oxygen atoms in total. The first-order valence-corrected chi connectivity index (χ1v) is 9.17. The van der Waals surface area contributed by atoms with Gasteiger partial charge in [0.05, 0.1) is 4.90 Å². The maximum Gasteiger partial charge on any atom is 0.251 e. The second-order valence-corrected chi connectivity index (χ2v) is 7.65. The Morgan fingerprint density at radius 1 is 1.18 bits per heavy atom. The lowest BCUT2D eigenvalue weighted by Gasteiger charge is -2.23. The topological polar surface area (TPSA) is 87.3 Å². The normalized spacial score (nSPS) is 22.3. The van der Waals surface area contributed by atoms with Crippen molar-refractivity contribution in [2.45, 2.75) is 42.7 Å². The first-order chi connectivity index (χ1) is 10.5. The summed E-state index contributed by atoms with van der Waals surface area (Å²) in [4.78, 5) is 12.4. The summed E-state index contributed by atoms with van der Waals surface area (Å²) in [5.74, 6) is -0.225. The predicted octanol–water partition coefficient (Wildman–Crippen LogP) is 0.609. The van der Waals surface area contributed by atoms with Gasteiger partial charge in [-0.05, 0) is 50.4 Å². The number of benzene rings is 1. The maximum absolute atomic E-state index is 12.3. The van der Waals surface area contributed by atoms with Crippen LogP contribution in [0.25, 0.3) is 0 Å². The summed E-state index contributed by atoms with van der Waals surface area (Å²) in [6, 6.07) is 6.36. The van der Waals surface area contributed by atoms with Crippen molar-refractivity contribution >= 4 is 15.9 Å². The highest BCUT2D eigenvalue weighted by Gasteiger charge is 2.28. The van der Waals surface area contributed by atoms with E-state index in [4.69, 9.17) is 0 Å². The summed E-state index contributed by atoms with van der Waals surface area (Å²) in [7, 11) is -3.53. The molecule has 1 atom stereocenters. The molecular formula is C15H21N3O3S. The molecule has 2 aliphatic rings. The molecule has 1 saturated carbocycles. The smallest absolute Gasteiger partial charge is 0.251 e. The van der Waals surface area contributed by atoms with Crippen LogP contribution in [0.5, 0.6) is 0 Å². The molecule has 22 heavy (non-hydrogen) atoms. The molecule has 1 aliphatic heterocycles. The van der Waals surface area contributed by atoms with Crippen molar-refractivity contribution < 1.29 is 13.2 Å². The summed E-state index contributed by atoms with van der Waals surface area (Å²) in [5.41, 5.74) is 0.379. The second kappa shape index (κ2) is 6.36. The van der Waals surface area contributed by atoms with Gasteiger partial charge in [-0.2, -0.15) is 0 Å². The van der Waals surface area contributed by atoms with Crippen LogP contribution in [0, 0.1) is 0 Å². The third kappa shape index (κ3) is 3.85. The van der Waals surface area contributed by atoms with E-state index in [-0.39, 0.29) is 22.9 Å². The van der Waals surface area contributed by atoms with E-state index in [0.717, 1.165) is 38.8 Å². The highest BCUT2D eigenvalue weighted by atomic mass is 32.2. The van der Waals surface area contributed by atoms with Crippen molar-refractivity contribution in [1.29, 1.82) is 0 Å². The van der Waals surface area contributed by atoms with Gasteiger partial charge in [0.2, 0.25) is 10.0 Å². The van der Waals surface area contributed by atoms with Gasteiger partial charge < -0.3 is 10.6 Å². The highest BCUT2D eigenvalue weighted by molar-refractivity contribution is 7.89. The van der Waals surface area contributed by atoms with E-state index in [9.17, 15) is 13.2 Å². The number of carbonyl (C=O) groups is 1. The summed E-state index contributed by atoms with van der Waals surface area (Å²) < 4.78 is 27.0. The maximum atomic E-state index is 12.3. The van der Waals surface area contributed by atoms with Crippen LogP contribution in [-0.4, -0.2) is 39.5 Å². The quantitative estimate of drug-likeness (QED) is 0.741. The number of carbonyl (C=O) groups excluding carboxylic acids is 1. The number of amides is 1. The molecular weight excluding hydrogens is 302 g/mol. The molecule has 0 aromatic heterocycles. The first-order valence-electron chi connectivity index (χ1n) is 7.68. The van der Waals surface area contributed by atoms with Crippen LogP contribution >= 0.6 is 0 Å². The molecule has 0 bridgehead atoms. The Morgan fingerprint density at radius 3 is 2.68 bits per heavy atom. The monoisotopic (exact) mass is 323 g/mol. The summed E-state index contributed by atoms with van der Waals surface area (Å²) in [6.07, 6.45) is 3.74. The Hall–Kier alpha value is -1.44. The second-order valence-electron chi connectivity index (χ2n) is 5.94. The zero-order chi connectivity index (χ0) is 15.6. The Bertz CT molecular complexity index is 650. The van der Waals surface area contributed by atoms with Gasteiger partial charge in [-0.3, -0.25) is 4.79 Å². The number of piperidine rings is 1. The minimum atomic E-state index is -3.53. The Kier molecular flexibility index (Phi) is 4.46. The van der Waals surface area contributed by atoms with Gasteiger partial charge in [0.15, 0.2) is 0 Å². The lowest BCUT2D eigenvalue weighted by atomic mass is 10.1. The van der Waals surface area contributed by atoms with E-state index in [1.807, 2.05) is 0 Å². The molecule has 1 aliphatic carbocycles. The molecule has 2 fully saturated rings. The lowest BCUT2D eigenvalue weighted by molar-refractivity contribution is 0.0930. The Labute approximate surface area is 130 Å². The third-order valence-corrected chi connectivity index (χ3v) is 5.46. The number of hydrogen-bond acceptors (Lipinski definition) is 4. The van der Waals surface area contributed by atoms with Crippen LogP contribution in [0.4, 0.5) is 0 Å². The van der Waals surface area contributed by atoms with Gasteiger partial charge in [0, 0.05) is 24.2 Å². The van der Waals surface area contributed by atoms with Gasteiger partial charge in [0.1, 0.15) is 0 Å². The van der Waals surface area contributed by atoms with Crippen molar-refractivity contribution in [3.8, 4) is 0 Å². The molecule has 1 heterocycles. The zero-order valence-electron chi connectivity index (χ0n) is 12.3. The van der Waals surface area contributed by atoms with Crippen molar-refractivity contribution in [3.63, 3.8) is 0 Å². The number of rotatable bonds is 5. The van der Waals surface area contributed by atoms with Gasteiger partial charge >= 0.3 is 0 Å². The summed E-state index contributed by atoms with van der Waals surface area (Å²) >= 11 is 0. The van der Waals surface area contributed by atoms with Gasteiger partial charge in [-0.25, -0.2) is 13.1 Å². The SMILES string of the molecule is O=C(N[C@H]1CCCNC1)c1cccc(S(=O)(=O)NC2CC2)c1. The van der Waals surface area contributed by atoms with Crippen LogP contribution in [0.3, 0.4) is 0 Å². The van der Waals surface area contributed by atoms with E-state index in [0.29, 0.717) is 5.56 Å². The summed E-state index contributed by atoms with van der Waals surface area (Å²) in [5, 5.41) is 6.19. The van der Waals surface area contributed by atoms with E-state index < -0.39 is 10.0 Å². The number of hydrogen-bond donors (Lipinski definition) is 3. The lowest BCUT2D eigenvalue weighted by Crippen LogP contribution is -2.45. The van der Waals surface area contributed by atoms with E-state index >= 15 is 0 Å². The molecule has 0 unspecified atom stereocenters. The Morgan fingerprint density at radius 2 is 2.00 bits per heavy atom. The van der Waals surface area contributed by atoms with Crippen molar-refractivity contribution in [2.75, 3.05) is 13.1 Å². The van der Waals surface area contributed by atoms with Crippen molar-refractivity contribution in [1.82, 2.24) is 15.4 Å². The number of nitrogens with one attached hydrogen (secondary N) is 3. The fourth-order valence-electron chi connectivity index (χ4n) is 2.54. The van der Waals surface area contributed by atoms with Crippen molar-refractivity contribution in [2.24, 2.45) is 0 Å². The molecule has 1 aromatic carbocycles. The molecule has 1 amide bonds. The Balaban J connectivity index is 1.71.